The zero-order valence-electron chi connectivity index (χ0n) is 11.4. The van der Waals surface area contributed by atoms with E-state index in [1.807, 2.05) is 0 Å². The summed E-state index contributed by atoms with van der Waals surface area (Å²) in [7, 11) is 0. The fraction of sp³-hybridized carbons (Fsp3) is 0.312. The van der Waals surface area contributed by atoms with E-state index < -0.39 is 11.6 Å². The molecule has 0 aliphatic heterocycles. The summed E-state index contributed by atoms with van der Waals surface area (Å²) in [5.41, 5.74) is 2.00. The number of imidazole rings is 1. The number of H-pyrrole nitrogens is 1. The molecule has 0 bridgehead atoms. The molecule has 5 heteroatoms. The van der Waals surface area contributed by atoms with Gasteiger partial charge < -0.3 is 4.98 Å². The van der Waals surface area contributed by atoms with Gasteiger partial charge in [0.2, 0.25) is 0 Å². The van der Waals surface area contributed by atoms with Crippen LogP contribution in [-0.2, 0) is 12.8 Å². The first-order chi connectivity index (χ1) is 10.2. The zero-order chi connectivity index (χ0) is 14.4. The normalized spacial score (nSPS) is 15.1. The third-order valence-electron chi connectivity index (χ3n) is 3.98. The molecule has 1 aliphatic rings. The second kappa shape index (κ2) is 4.91. The highest BCUT2D eigenvalue weighted by Gasteiger charge is 2.16. The Balaban J connectivity index is 1.81. The molecule has 0 radical (unpaired) electrons. The number of rotatable bonds is 1. The minimum atomic E-state index is -0.620. The molecule has 1 aliphatic carbocycles. The topological polar surface area (TPSA) is 28.7 Å². The average molecular weight is 304 g/mol. The van der Waals surface area contributed by atoms with E-state index in [-0.39, 0.29) is 5.52 Å². The van der Waals surface area contributed by atoms with Crippen molar-refractivity contribution in [1.82, 2.24) is 9.97 Å². The van der Waals surface area contributed by atoms with Crippen LogP contribution in [0.1, 0.15) is 29.7 Å². The van der Waals surface area contributed by atoms with E-state index in [1.165, 1.54) is 35.8 Å². The van der Waals surface area contributed by atoms with Crippen LogP contribution in [0.4, 0.5) is 8.78 Å². The molecule has 2 aromatic heterocycles. The molecule has 3 aromatic rings. The molecule has 0 saturated carbocycles. The number of aryl methyl sites for hydroxylation is 2. The predicted molar refractivity (Wildman–Crippen MR) is 80.6 cm³/mol. The summed E-state index contributed by atoms with van der Waals surface area (Å²) in [5, 5.41) is 0. The molecular formula is C16H14F2N2S. The van der Waals surface area contributed by atoms with Crippen LogP contribution in [0.3, 0.4) is 0 Å². The maximum absolute atomic E-state index is 13.7. The summed E-state index contributed by atoms with van der Waals surface area (Å²) >= 11 is 1.72. The largest absolute Gasteiger partial charge is 0.337 e. The van der Waals surface area contributed by atoms with Crippen molar-refractivity contribution in [2.45, 2.75) is 32.1 Å². The first-order valence-electron chi connectivity index (χ1n) is 7.17. The SMILES string of the molecule is Fc1cc(F)c2nc(-c3cc4c(s3)CCCCC4)[nH]c2c1. The Morgan fingerprint density at radius 2 is 1.90 bits per heavy atom. The third-order valence-corrected chi connectivity index (χ3v) is 5.23. The number of benzene rings is 1. The standard InChI is InChI=1S/C16H14F2N2S/c17-10-7-11(18)15-12(8-10)19-16(20-15)14-6-9-4-2-1-3-5-13(9)21-14/h6-8H,1-5H2,(H,19,20). The van der Waals surface area contributed by atoms with E-state index in [0.717, 1.165) is 23.8 Å². The highest BCUT2D eigenvalue weighted by molar-refractivity contribution is 7.15. The van der Waals surface area contributed by atoms with Crippen LogP contribution < -0.4 is 0 Å². The van der Waals surface area contributed by atoms with Gasteiger partial charge in [-0.2, -0.15) is 0 Å². The quantitative estimate of drug-likeness (QED) is 0.640. The van der Waals surface area contributed by atoms with Crippen LogP contribution in [0.5, 0.6) is 0 Å². The Kier molecular flexibility index (Phi) is 3.03. The monoisotopic (exact) mass is 304 g/mol. The van der Waals surface area contributed by atoms with Crippen molar-refractivity contribution in [3.05, 3.63) is 40.3 Å². The summed E-state index contributed by atoms with van der Waals surface area (Å²) in [6.07, 6.45) is 5.96. The Bertz CT molecular complexity index is 796. The summed E-state index contributed by atoms with van der Waals surface area (Å²) in [6.45, 7) is 0. The summed E-state index contributed by atoms with van der Waals surface area (Å²) < 4.78 is 27.0. The molecule has 2 nitrogen and oxygen atoms in total. The number of fused-ring (bicyclic) bond motifs is 2. The van der Waals surface area contributed by atoms with Crippen molar-refractivity contribution in [3.8, 4) is 10.7 Å². The smallest absolute Gasteiger partial charge is 0.153 e. The van der Waals surface area contributed by atoms with Crippen molar-refractivity contribution in [1.29, 1.82) is 0 Å². The molecule has 0 amide bonds. The first kappa shape index (κ1) is 13.0. The van der Waals surface area contributed by atoms with Gasteiger partial charge in [0.15, 0.2) is 5.82 Å². The number of nitrogens with zero attached hydrogens (tertiary/aromatic N) is 1. The van der Waals surface area contributed by atoms with E-state index in [9.17, 15) is 8.78 Å². The maximum atomic E-state index is 13.7. The molecule has 0 spiro atoms. The average Bonchev–Trinajstić information content (AvgIpc) is 2.98. The van der Waals surface area contributed by atoms with Gasteiger partial charge in [0, 0.05) is 10.9 Å². The second-order valence-corrected chi connectivity index (χ2v) is 6.63. The van der Waals surface area contributed by atoms with Gasteiger partial charge in [0.25, 0.3) is 0 Å². The summed E-state index contributed by atoms with van der Waals surface area (Å²) in [4.78, 5) is 9.76. The first-order valence-corrected chi connectivity index (χ1v) is 7.99. The van der Waals surface area contributed by atoms with E-state index in [1.54, 1.807) is 11.3 Å². The van der Waals surface area contributed by atoms with Gasteiger partial charge in [0.1, 0.15) is 17.2 Å². The molecule has 1 aromatic carbocycles. The minimum Gasteiger partial charge on any atom is -0.337 e. The molecular weight excluding hydrogens is 290 g/mol. The van der Waals surface area contributed by atoms with Gasteiger partial charge >= 0.3 is 0 Å². The molecule has 4 rings (SSSR count). The van der Waals surface area contributed by atoms with Crippen LogP contribution in [-0.4, -0.2) is 9.97 Å². The van der Waals surface area contributed by atoms with Crippen LogP contribution in [0.2, 0.25) is 0 Å². The highest BCUT2D eigenvalue weighted by Crippen LogP contribution is 2.35. The molecule has 21 heavy (non-hydrogen) atoms. The number of thiophene rings is 1. The fourth-order valence-electron chi connectivity index (χ4n) is 2.94. The van der Waals surface area contributed by atoms with Gasteiger partial charge in [-0.3, -0.25) is 0 Å². The Labute approximate surface area is 124 Å². The number of aromatic amines is 1. The van der Waals surface area contributed by atoms with Crippen molar-refractivity contribution in [2.24, 2.45) is 0 Å². The molecule has 1 N–H and O–H groups in total. The van der Waals surface area contributed by atoms with E-state index >= 15 is 0 Å². The van der Waals surface area contributed by atoms with Crippen molar-refractivity contribution >= 4 is 22.4 Å². The van der Waals surface area contributed by atoms with Crippen LogP contribution in [0.25, 0.3) is 21.7 Å². The summed E-state index contributed by atoms with van der Waals surface area (Å²) in [6, 6.07) is 4.31. The number of halogens is 2. The lowest BCUT2D eigenvalue weighted by Crippen LogP contribution is -1.81. The molecule has 0 atom stereocenters. The Hall–Kier alpha value is -1.75. The molecule has 0 unspecified atom stereocenters. The van der Waals surface area contributed by atoms with Crippen LogP contribution in [0, 0.1) is 11.6 Å². The van der Waals surface area contributed by atoms with Gasteiger partial charge in [-0.1, -0.05) is 6.42 Å². The summed E-state index contributed by atoms with van der Waals surface area (Å²) in [5.74, 6) is -0.574. The lowest BCUT2D eigenvalue weighted by Gasteiger charge is -1.92. The molecule has 0 fully saturated rings. The van der Waals surface area contributed by atoms with Gasteiger partial charge in [-0.15, -0.1) is 11.3 Å². The molecule has 0 saturated heterocycles. The number of hydrogen-bond acceptors (Lipinski definition) is 2. The predicted octanol–water partition coefficient (Wildman–Crippen LogP) is 4.84. The van der Waals surface area contributed by atoms with Crippen molar-refractivity contribution in [2.75, 3.05) is 0 Å². The number of nitrogens with one attached hydrogen (secondary N) is 1. The van der Waals surface area contributed by atoms with Crippen molar-refractivity contribution in [3.63, 3.8) is 0 Å². The molecule has 2 heterocycles. The highest BCUT2D eigenvalue weighted by atomic mass is 32.1. The van der Waals surface area contributed by atoms with Crippen LogP contribution in [0.15, 0.2) is 18.2 Å². The minimum absolute atomic E-state index is 0.204. The fourth-order valence-corrected chi connectivity index (χ4v) is 4.14. The zero-order valence-corrected chi connectivity index (χ0v) is 12.2. The lowest BCUT2D eigenvalue weighted by atomic mass is 10.1. The van der Waals surface area contributed by atoms with E-state index in [2.05, 4.69) is 16.0 Å². The van der Waals surface area contributed by atoms with Gasteiger partial charge in [-0.25, -0.2) is 13.8 Å². The maximum Gasteiger partial charge on any atom is 0.153 e. The van der Waals surface area contributed by atoms with E-state index in [4.69, 9.17) is 0 Å². The Morgan fingerprint density at radius 1 is 1.05 bits per heavy atom. The van der Waals surface area contributed by atoms with Crippen LogP contribution >= 0.6 is 11.3 Å². The number of hydrogen-bond donors (Lipinski definition) is 1. The van der Waals surface area contributed by atoms with Gasteiger partial charge in [0.05, 0.1) is 10.4 Å². The Morgan fingerprint density at radius 3 is 2.81 bits per heavy atom. The number of aromatic nitrogens is 2. The van der Waals surface area contributed by atoms with E-state index in [0.29, 0.717) is 11.3 Å². The third kappa shape index (κ3) is 2.25. The van der Waals surface area contributed by atoms with Gasteiger partial charge in [-0.05, 0) is 43.4 Å². The lowest BCUT2D eigenvalue weighted by molar-refractivity contribution is 0.591. The van der Waals surface area contributed by atoms with Crippen molar-refractivity contribution < 1.29 is 8.78 Å². The second-order valence-electron chi connectivity index (χ2n) is 5.49. The molecule has 108 valence electrons.